The Bertz CT molecular complexity index is 1040. The summed E-state index contributed by atoms with van der Waals surface area (Å²) in [4.78, 5) is 25.9. The van der Waals surface area contributed by atoms with E-state index < -0.39 is 11.9 Å². The summed E-state index contributed by atoms with van der Waals surface area (Å²) in [5, 5.41) is 12.1. The predicted octanol–water partition coefficient (Wildman–Crippen LogP) is 5.68. The fourth-order valence-electron chi connectivity index (χ4n) is 2.39. The molecule has 0 radical (unpaired) electrons. The highest BCUT2D eigenvalue weighted by Crippen LogP contribution is 2.30. The fraction of sp³-hybridized carbons (Fsp3) is 0. The first-order valence-corrected chi connectivity index (χ1v) is 9.58. The van der Waals surface area contributed by atoms with E-state index in [1.54, 1.807) is 23.9 Å². The molecular weight excluding hydrogens is 419 g/mol. The Kier molecular flexibility index (Phi) is 6.14. The van der Waals surface area contributed by atoms with Gasteiger partial charge in [0.25, 0.3) is 5.91 Å². The third-order valence-corrected chi connectivity index (χ3v) is 5.50. The van der Waals surface area contributed by atoms with Crippen molar-refractivity contribution in [2.24, 2.45) is 0 Å². The van der Waals surface area contributed by atoms with E-state index in [1.807, 2.05) is 36.4 Å². The van der Waals surface area contributed by atoms with Gasteiger partial charge in [-0.05, 0) is 60.7 Å². The lowest BCUT2D eigenvalue weighted by molar-refractivity contribution is 0.0692. The van der Waals surface area contributed by atoms with E-state index in [9.17, 15) is 14.7 Å². The Morgan fingerprint density at radius 3 is 1.89 bits per heavy atom. The Hall–Kier alpha value is -2.67. The molecule has 28 heavy (non-hydrogen) atoms. The van der Waals surface area contributed by atoms with E-state index in [-0.39, 0.29) is 21.2 Å². The molecule has 3 aromatic carbocycles. The topological polar surface area (TPSA) is 92.4 Å². The Morgan fingerprint density at radius 1 is 0.857 bits per heavy atom. The number of nitrogens with one attached hydrogen (secondary N) is 1. The summed E-state index contributed by atoms with van der Waals surface area (Å²) in [6, 6.07) is 17.1. The minimum atomic E-state index is -1.26. The van der Waals surface area contributed by atoms with Gasteiger partial charge < -0.3 is 16.2 Å². The molecule has 142 valence electrons. The third-order valence-electron chi connectivity index (χ3n) is 3.76. The molecule has 5 nitrogen and oxygen atoms in total. The number of carbonyl (C=O) groups is 2. The Balaban J connectivity index is 1.75. The van der Waals surface area contributed by atoms with Gasteiger partial charge >= 0.3 is 5.97 Å². The monoisotopic (exact) mass is 432 g/mol. The van der Waals surface area contributed by atoms with Crippen molar-refractivity contribution in [3.05, 3.63) is 81.8 Å². The van der Waals surface area contributed by atoms with Crippen molar-refractivity contribution in [3.8, 4) is 0 Å². The predicted molar refractivity (Wildman–Crippen MR) is 113 cm³/mol. The zero-order valence-corrected chi connectivity index (χ0v) is 16.6. The lowest BCUT2D eigenvalue weighted by atomic mass is 10.1. The van der Waals surface area contributed by atoms with Gasteiger partial charge in [0.2, 0.25) is 0 Å². The number of aromatic carboxylic acids is 1. The van der Waals surface area contributed by atoms with Crippen molar-refractivity contribution < 1.29 is 14.7 Å². The van der Waals surface area contributed by atoms with Gasteiger partial charge in [0, 0.05) is 21.2 Å². The van der Waals surface area contributed by atoms with Crippen LogP contribution in [0.1, 0.15) is 20.7 Å². The maximum atomic E-state index is 12.5. The number of anilines is 2. The molecule has 0 aliphatic rings. The maximum absolute atomic E-state index is 12.5. The smallest absolute Gasteiger partial charge is 0.336 e. The van der Waals surface area contributed by atoms with Crippen LogP contribution >= 0.6 is 35.0 Å². The molecule has 3 rings (SSSR count). The van der Waals surface area contributed by atoms with Crippen molar-refractivity contribution in [1.29, 1.82) is 0 Å². The van der Waals surface area contributed by atoms with Crippen molar-refractivity contribution in [2.75, 3.05) is 11.1 Å². The van der Waals surface area contributed by atoms with E-state index in [0.717, 1.165) is 15.9 Å². The average Bonchev–Trinajstić information content (AvgIpc) is 2.66. The quantitative estimate of drug-likeness (QED) is 0.451. The number of amides is 1. The van der Waals surface area contributed by atoms with Gasteiger partial charge in [0.15, 0.2) is 0 Å². The molecule has 0 aliphatic heterocycles. The molecule has 0 fully saturated rings. The van der Waals surface area contributed by atoms with Crippen LogP contribution in [-0.2, 0) is 0 Å². The number of nitrogens with two attached hydrogens (primary N) is 1. The molecule has 0 bridgehead atoms. The molecule has 0 atom stereocenters. The minimum Gasteiger partial charge on any atom is -0.478 e. The molecule has 0 heterocycles. The number of halogens is 2. The number of rotatable bonds is 5. The van der Waals surface area contributed by atoms with E-state index in [1.165, 1.54) is 6.07 Å². The lowest BCUT2D eigenvalue weighted by Gasteiger charge is -2.10. The Labute approximate surface area is 175 Å². The lowest BCUT2D eigenvalue weighted by Crippen LogP contribution is -2.16. The first kappa shape index (κ1) is 20.1. The SMILES string of the molecule is Nc1ccc(Sc2ccc(NC(=O)c3cc(Cl)c(Cl)cc3C(=O)O)cc2)cc1. The summed E-state index contributed by atoms with van der Waals surface area (Å²) in [5.41, 5.74) is 6.61. The number of hydrogen-bond acceptors (Lipinski definition) is 4. The van der Waals surface area contributed by atoms with Crippen LogP contribution in [0.3, 0.4) is 0 Å². The molecule has 8 heteroatoms. The van der Waals surface area contributed by atoms with Crippen LogP contribution in [0, 0.1) is 0 Å². The van der Waals surface area contributed by atoms with Gasteiger partial charge in [0.05, 0.1) is 21.2 Å². The van der Waals surface area contributed by atoms with Crippen LogP contribution in [0.25, 0.3) is 0 Å². The zero-order valence-electron chi connectivity index (χ0n) is 14.3. The average molecular weight is 433 g/mol. The second kappa shape index (κ2) is 8.56. The second-order valence-electron chi connectivity index (χ2n) is 5.77. The highest BCUT2D eigenvalue weighted by molar-refractivity contribution is 7.99. The number of benzene rings is 3. The first-order chi connectivity index (χ1) is 13.3. The van der Waals surface area contributed by atoms with Gasteiger partial charge in [-0.1, -0.05) is 35.0 Å². The molecule has 0 unspecified atom stereocenters. The third kappa shape index (κ3) is 4.78. The molecule has 0 aromatic heterocycles. The van der Waals surface area contributed by atoms with Crippen LogP contribution in [0.5, 0.6) is 0 Å². The molecule has 0 saturated heterocycles. The summed E-state index contributed by atoms with van der Waals surface area (Å²) < 4.78 is 0. The van der Waals surface area contributed by atoms with Gasteiger partial charge in [-0.25, -0.2) is 4.79 Å². The molecule has 4 N–H and O–H groups in total. The van der Waals surface area contributed by atoms with Crippen molar-refractivity contribution >= 4 is 58.2 Å². The van der Waals surface area contributed by atoms with Crippen molar-refractivity contribution in [2.45, 2.75) is 9.79 Å². The van der Waals surface area contributed by atoms with Crippen LogP contribution in [0.4, 0.5) is 11.4 Å². The van der Waals surface area contributed by atoms with Crippen molar-refractivity contribution in [3.63, 3.8) is 0 Å². The molecule has 1 amide bonds. The van der Waals surface area contributed by atoms with Gasteiger partial charge in [0.1, 0.15) is 0 Å². The highest BCUT2D eigenvalue weighted by Gasteiger charge is 2.19. The van der Waals surface area contributed by atoms with Crippen LogP contribution in [0.15, 0.2) is 70.5 Å². The van der Waals surface area contributed by atoms with Gasteiger partial charge in [-0.15, -0.1) is 0 Å². The largest absolute Gasteiger partial charge is 0.478 e. The second-order valence-corrected chi connectivity index (χ2v) is 7.73. The first-order valence-electron chi connectivity index (χ1n) is 8.00. The van der Waals surface area contributed by atoms with Crippen LogP contribution < -0.4 is 11.1 Å². The van der Waals surface area contributed by atoms with E-state index >= 15 is 0 Å². The fourth-order valence-corrected chi connectivity index (χ4v) is 3.53. The van der Waals surface area contributed by atoms with E-state index in [4.69, 9.17) is 28.9 Å². The molecule has 0 spiro atoms. The van der Waals surface area contributed by atoms with E-state index in [0.29, 0.717) is 11.4 Å². The zero-order chi connectivity index (χ0) is 20.3. The molecule has 3 aromatic rings. The summed E-state index contributed by atoms with van der Waals surface area (Å²) in [5.74, 6) is -1.85. The van der Waals surface area contributed by atoms with Gasteiger partial charge in [-0.2, -0.15) is 0 Å². The molecular formula is C20H14Cl2N2O3S. The number of carboxylic acid groups (broad SMARTS) is 1. The summed E-state index contributed by atoms with van der Waals surface area (Å²) in [6.45, 7) is 0. The van der Waals surface area contributed by atoms with Gasteiger partial charge in [-0.3, -0.25) is 4.79 Å². The number of carbonyl (C=O) groups excluding carboxylic acids is 1. The number of carboxylic acids is 1. The standard InChI is InChI=1S/C20H14Cl2N2O3S/c21-17-9-15(16(20(26)27)10-18(17)22)19(25)24-12-3-7-14(8-4-12)28-13-5-1-11(23)2-6-13/h1-10H,23H2,(H,24,25)(H,26,27). The number of nitrogen functional groups attached to an aromatic ring is 1. The Morgan fingerprint density at radius 2 is 1.36 bits per heavy atom. The molecule has 0 aliphatic carbocycles. The summed E-state index contributed by atoms with van der Waals surface area (Å²) >= 11 is 13.3. The van der Waals surface area contributed by atoms with Crippen LogP contribution in [0.2, 0.25) is 10.0 Å². The number of hydrogen-bond donors (Lipinski definition) is 3. The summed E-state index contributed by atoms with van der Waals surface area (Å²) in [6.07, 6.45) is 0. The van der Waals surface area contributed by atoms with Crippen LogP contribution in [-0.4, -0.2) is 17.0 Å². The van der Waals surface area contributed by atoms with E-state index in [2.05, 4.69) is 5.32 Å². The molecule has 0 saturated carbocycles. The summed E-state index contributed by atoms with van der Waals surface area (Å²) in [7, 11) is 0. The normalized spacial score (nSPS) is 10.5. The van der Waals surface area contributed by atoms with Crippen molar-refractivity contribution in [1.82, 2.24) is 0 Å². The minimum absolute atomic E-state index is 0.0674. The maximum Gasteiger partial charge on any atom is 0.336 e. The highest BCUT2D eigenvalue weighted by atomic mass is 35.5.